The predicted octanol–water partition coefficient (Wildman–Crippen LogP) is 0.868. The number of fused-ring (bicyclic) bond motifs is 1. The minimum Gasteiger partial charge on any atom is -0.481 e. The summed E-state index contributed by atoms with van der Waals surface area (Å²) in [6.07, 6.45) is 6.12. The van der Waals surface area contributed by atoms with Gasteiger partial charge in [-0.15, -0.1) is 0 Å². The number of likely N-dealkylation sites (tertiary alicyclic amines) is 1. The van der Waals surface area contributed by atoms with E-state index in [1.165, 1.54) is 0 Å². The molecule has 0 saturated carbocycles. The molecule has 1 aromatic rings. The third kappa shape index (κ3) is 2.65. The topological polar surface area (TPSA) is 78.8 Å². The van der Waals surface area contributed by atoms with Crippen LogP contribution in [-0.2, 0) is 9.53 Å². The molecule has 130 valence electrons. The molecule has 0 aromatic carbocycles. The van der Waals surface area contributed by atoms with Crippen LogP contribution in [0.4, 0.5) is 5.95 Å². The molecule has 7 heteroatoms. The van der Waals surface area contributed by atoms with Gasteiger partial charge in [0.2, 0.25) is 5.95 Å². The summed E-state index contributed by atoms with van der Waals surface area (Å²) >= 11 is 0. The van der Waals surface area contributed by atoms with Gasteiger partial charge in [-0.3, -0.25) is 9.69 Å². The number of aliphatic carboxylic acids is 1. The quantitative estimate of drug-likeness (QED) is 0.880. The number of ether oxygens (including phenoxy) is 1. The summed E-state index contributed by atoms with van der Waals surface area (Å²) < 4.78 is 5.54. The Hall–Kier alpha value is -1.73. The molecule has 4 heterocycles. The minimum absolute atomic E-state index is 0.0990. The average molecular weight is 332 g/mol. The number of hydrogen-bond acceptors (Lipinski definition) is 6. The van der Waals surface area contributed by atoms with Crippen LogP contribution in [0.2, 0.25) is 0 Å². The van der Waals surface area contributed by atoms with Crippen molar-refractivity contribution in [2.45, 2.75) is 25.3 Å². The molecule has 1 aromatic heterocycles. The van der Waals surface area contributed by atoms with Crippen LogP contribution in [0.15, 0.2) is 18.5 Å². The molecule has 3 atom stereocenters. The molecule has 1 N–H and O–H groups in total. The Morgan fingerprint density at radius 1 is 1.33 bits per heavy atom. The molecule has 3 fully saturated rings. The van der Waals surface area contributed by atoms with Gasteiger partial charge in [-0.1, -0.05) is 0 Å². The van der Waals surface area contributed by atoms with Gasteiger partial charge in [0.1, 0.15) is 0 Å². The van der Waals surface area contributed by atoms with Gasteiger partial charge in [0.25, 0.3) is 0 Å². The van der Waals surface area contributed by atoms with E-state index in [2.05, 4.69) is 14.9 Å². The second-order valence-electron chi connectivity index (χ2n) is 7.20. The average Bonchev–Trinajstić information content (AvgIpc) is 3.21. The molecule has 4 rings (SSSR count). The van der Waals surface area contributed by atoms with Crippen LogP contribution in [0.25, 0.3) is 0 Å². The van der Waals surface area contributed by atoms with Crippen molar-refractivity contribution in [1.29, 1.82) is 0 Å². The summed E-state index contributed by atoms with van der Waals surface area (Å²) in [5, 5.41) is 10.0. The fraction of sp³-hybridized carbons (Fsp3) is 0.706. The summed E-state index contributed by atoms with van der Waals surface area (Å²) in [4.78, 5) is 25.3. The molecule has 24 heavy (non-hydrogen) atoms. The number of carboxylic acid groups (broad SMARTS) is 1. The van der Waals surface area contributed by atoms with Crippen molar-refractivity contribution in [2.24, 2.45) is 11.3 Å². The van der Waals surface area contributed by atoms with E-state index in [0.29, 0.717) is 25.1 Å². The van der Waals surface area contributed by atoms with Crippen LogP contribution in [-0.4, -0.2) is 71.4 Å². The lowest BCUT2D eigenvalue weighted by Crippen LogP contribution is -2.44. The van der Waals surface area contributed by atoms with Crippen molar-refractivity contribution in [3.8, 4) is 0 Å². The first-order chi connectivity index (χ1) is 11.7. The van der Waals surface area contributed by atoms with Crippen LogP contribution >= 0.6 is 0 Å². The highest BCUT2D eigenvalue weighted by Gasteiger charge is 2.54. The number of rotatable bonds is 3. The van der Waals surface area contributed by atoms with E-state index in [1.807, 2.05) is 4.90 Å². The lowest BCUT2D eigenvalue weighted by atomic mass is 9.75. The Morgan fingerprint density at radius 3 is 2.88 bits per heavy atom. The van der Waals surface area contributed by atoms with Gasteiger partial charge in [-0.05, 0) is 31.9 Å². The Morgan fingerprint density at radius 2 is 2.17 bits per heavy atom. The summed E-state index contributed by atoms with van der Waals surface area (Å²) in [6.45, 7) is 4.61. The first-order valence-electron chi connectivity index (χ1n) is 8.76. The molecule has 3 aliphatic rings. The Balaban J connectivity index is 1.58. The van der Waals surface area contributed by atoms with Gasteiger partial charge in [-0.25, -0.2) is 9.97 Å². The van der Waals surface area contributed by atoms with Crippen molar-refractivity contribution in [3.63, 3.8) is 0 Å². The molecule has 0 spiro atoms. The van der Waals surface area contributed by atoms with Crippen LogP contribution in [0.5, 0.6) is 0 Å². The van der Waals surface area contributed by atoms with Gasteiger partial charge in [-0.2, -0.15) is 0 Å². The molecule has 3 saturated heterocycles. The number of anilines is 1. The van der Waals surface area contributed by atoms with Crippen molar-refractivity contribution >= 4 is 11.9 Å². The van der Waals surface area contributed by atoms with Crippen LogP contribution in [0, 0.1) is 11.3 Å². The second-order valence-corrected chi connectivity index (χ2v) is 7.20. The summed E-state index contributed by atoms with van der Waals surface area (Å²) in [7, 11) is 0. The highest BCUT2D eigenvalue weighted by atomic mass is 16.5. The van der Waals surface area contributed by atoms with E-state index < -0.39 is 11.4 Å². The maximum absolute atomic E-state index is 12.2. The van der Waals surface area contributed by atoms with Crippen LogP contribution in [0.1, 0.15) is 19.3 Å². The summed E-state index contributed by atoms with van der Waals surface area (Å²) in [5.41, 5.74) is -0.687. The highest BCUT2D eigenvalue weighted by molar-refractivity contribution is 5.77. The number of hydrogen-bond donors (Lipinski definition) is 1. The molecular weight excluding hydrogens is 308 g/mol. The van der Waals surface area contributed by atoms with Crippen molar-refractivity contribution < 1.29 is 14.6 Å². The smallest absolute Gasteiger partial charge is 0.311 e. The monoisotopic (exact) mass is 332 g/mol. The Bertz CT molecular complexity index is 593. The van der Waals surface area contributed by atoms with E-state index in [1.54, 1.807) is 18.5 Å². The third-order valence-electron chi connectivity index (χ3n) is 5.90. The minimum atomic E-state index is -0.687. The largest absolute Gasteiger partial charge is 0.481 e. The van der Waals surface area contributed by atoms with Crippen LogP contribution in [0.3, 0.4) is 0 Å². The molecular formula is C17H24N4O3. The summed E-state index contributed by atoms with van der Waals surface area (Å²) in [6, 6.07) is 2.23. The SMILES string of the molecule is O=C(O)[C@]12CCCN([C@H]3CCOC3)C[C@H]1CN(c1ncccn1)C2. The molecule has 0 amide bonds. The fourth-order valence-electron chi connectivity index (χ4n) is 4.56. The van der Waals surface area contributed by atoms with E-state index >= 15 is 0 Å². The molecule has 0 unspecified atom stereocenters. The lowest BCUT2D eigenvalue weighted by Gasteiger charge is -2.31. The van der Waals surface area contributed by atoms with Crippen LogP contribution < -0.4 is 4.90 Å². The lowest BCUT2D eigenvalue weighted by molar-refractivity contribution is -0.150. The Labute approximate surface area is 141 Å². The van der Waals surface area contributed by atoms with Gasteiger partial charge in [0.05, 0.1) is 12.0 Å². The number of carbonyl (C=O) groups is 1. The van der Waals surface area contributed by atoms with E-state index in [-0.39, 0.29) is 5.92 Å². The first kappa shape index (κ1) is 15.8. The molecule has 0 radical (unpaired) electrons. The third-order valence-corrected chi connectivity index (χ3v) is 5.90. The Kier molecular flexibility index (Phi) is 4.14. The second kappa shape index (κ2) is 6.29. The van der Waals surface area contributed by atoms with Crippen molar-refractivity contribution in [3.05, 3.63) is 18.5 Å². The van der Waals surface area contributed by atoms with Gasteiger partial charge in [0, 0.05) is 50.6 Å². The van der Waals surface area contributed by atoms with E-state index in [9.17, 15) is 9.90 Å². The number of nitrogens with zero attached hydrogens (tertiary/aromatic N) is 4. The predicted molar refractivity (Wildman–Crippen MR) is 87.8 cm³/mol. The normalized spacial score (nSPS) is 34.1. The van der Waals surface area contributed by atoms with Crippen molar-refractivity contribution in [1.82, 2.24) is 14.9 Å². The zero-order valence-electron chi connectivity index (χ0n) is 13.8. The first-order valence-corrected chi connectivity index (χ1v) is 8.76. The molecule has 0 bridgehead atoms. The molecule has 0 aliphatic carbocycles. The van der Waals surface area contributed by atoms with Crippen molar-refractivity contribution in [2.75, 3.05) is 44.3 Å². The number of aromatic nitrogens is 2. The highest BCUT2D eigenvalue weighted by Crippen LogP contribution is 2.44. The van der Waals surface area contributed by atoms with Gasteiger partial charge >= 0.3 is 5.97 Å². The zero-order chi connectivity index (χ0) is 16.6. The van der Waals surface area contributed by atoms with E-state index in [4.69, 9.17) is 4.74 Å². The maximum atomic E-state index is 12.2. The standard InChI is InChI=1S/C17H24N4O3/c22-15(23)17-4-1-7-20(14-3-8-24-11-14)9-13(17)10-21(12-17)16-18-5-2-6-19-16/h2,5-6,13-14H,1,3-4,7-12H2,(H,22,23)/t13-,14-,17-/m0/s1. The zero-order valence-corrected chi connectivity index (χ0v) is 13.8. The number of carboxylic acids is 1. The van der Waals surface area contributed by atoms with E-state index in [0.717, 1.165) is 45.6 Å². The van der Waals surface area contributed by atoms with Gasteiger partial charge < -0.3 is 14.7 Å². The molecule has 3 aliphatic heterocycles. The summed E-state index contributed by atoms with van der Waals surface area (Å²) in [5.74, 6) is 0.0688. The molecule has 7 nitrogen and oxygen atoms in total. The fourth-order valence-corrected chi connectivity index (χ4v) is 4.56. The maximum Gasteiger partial charge on any atom is 0.311 e. The van der Waals surface area contributed by atoms with Gasteiger partial charge in [0.15, 0.2) is 0 Å².